The molecule has 92 valence electrons. The van der Waals surface area contributed by atoms with Crippen molar-refractivity contribution in [3.63, 3.8) is 0 Å². The number of carbonyl (C=O) groups is 1. The van der Waals surface area contributed by atoms with Crippen LogP contribution in [-0.2, 0) is 10.3 Å². The second-order valence-corrected chi connectivity index (χ2v) is 4.64. The first-order chi connectivity index (χ1) is 8.04. The summed E-state index contributed by atoms with van der Waals surface area (Å²) in [4.78, 5) is 14.0. The largest absolute Gasteiger partial charge is 0.344 e. The third-order valence-electron chi connectivity index (χ3n) is 3.34. The van der Waals surface area contributed by atoms with Crippen LogP contribution in [0.15, 0.2) is 24.3 Å². The molecular formula is C13H17FN2O. The SMILES string of the molecule is CN1CCCNC(C)(c2ccc(F)cc2)C1=O. The molecule has 1 fully saturated rings. The summed E-state index contributed by atoms with van der Waals surface area (Å²) >= 11 is 0. The fourth-order valence-electron chi connectivity index (χ4n) is 2.22. The highest BCUT2D eigenvalue weighted by Gasteiger charge is 2.38. The van der Waals surface area contributed by atoms with Crippen LogP contribution in [0.4, 0.5) is 4.39 Å². The first-order valence-corrected chi connectivity index (χ1v) is 5.81. The van der Waals surface area contributed by atoms with Crippen molar-refractivity contribution in [1.82, 2.24) is 10.2 Å². The van der Waals surface area contributed by atoms with Gasteiger partial charge < -0.3 is 4.90 Å². The Balaban J connectivity index is 2.38. The molecule has 1 aromatic rings. The van der Waals surface area contributed by atoms with Gasteiger partial charge in [0.25, 0.3) is 0 Å². The molecule has 2 rings (SSSR count). The zero-order valence-corrected chi connectivity index (χ0v) is 10.2. The van der Waals surface area contributed by atoms with Crippen LogP contribution in [0.25, 0.3) is 0 Å². The van der Waals surface area contributed by atoms with Gasteiger partial charge in [-0.25, -0.2) is 4.39 Å². The Morgan fingerprint density at radius 1 is 1.35 bits per heavy atom. The third kappa shape index (κ3) is 2.17. The summed E-state index contributed by atoms with van der Waals surface area (Å²) in [6.07, 6.45) is 0.930. The molecule has 0 saturated carbocycles. The fourth-order valence-corrected chi connectivity index (χ4v) is 2.22. The molecule has 1 aliphatic heterocycles. The first kappa shape index (κ1) is 12.0. The lowest BCUT2D eigenvalue weighted by Crippen LogP contribution is -2.50. The number of rotatable bonds is 1. The molecule has 1 heterocycles. The van der Waals surface area contributed by atoms with Crippen LogP contribution in [-0.4, -0.2) is 30.9 Å². The van der Waals surface area contributed by atoms with Gasteiger partial charge in [0.15, 0.2) is 0 Å². The van der Waals surface area contributed by atoms with Crippen molar-refractivity contribution >= 4 is 5.91 Å². The Bertz CT molecular complexity index is 418. The Morgan fingerprint density at radius 2 is 2.00 bits per heavy atom. The number of hydrogen-bond donors (Lipinski definition) is 1. The van der Waals surface area contributed by atoms with Gasteiger partial charge in [-0.2, -0.15) is 0 Å². The molecule has 1 unspecified atom stereocenters. The number of benzene rings is 1. The second-order valence-electron chi connectivity index (χ2n) is 4.64. The van der Waals surface area contributed by atoms with Gasteiger partial charge in [-0.1, -0.05) is 12.1 Å². The number of nitrogens with zero attached hydrogens (tertiary/aromatic N) is 1. The van der Waals surface area contributed by atoms with Crippen LogP contribution < -0.4 is 5.32 Å². The summed E-state index contributed by atoms with van der Waals surface area (Å²) in [6, 6.07) is 6.11. The van der Waals surface area contributed by atoms with E-state index >= 15 is 0 Å². The van der Waals surface area contributed by atoms with E-state index < -0.39 is 5.54 Å². The number of nitrogens with one attached hydrogen (secondary N) is 1. The zero-order valence-electron chi connectivity index (χ0n) is 10.2. The summed E-state index contributed by atoms with van der Waals surface area (Å²) in [5.41, 5.74) is 0.0523. The van der Waals surface area contributed by atoms with Crippen molar-refractivity contribution in [2.75, 3.05) is 20.1 Å². The Labute approximate surface area is 101 Å². The predicted octanol–water partition coefficient (Wildman–Crippen LogP) is 1.49. The molecule has 1 atom stereocenters. The van der Waals surface area contributed by atoms with Gasteiger partial charge in [-0.15, -0.1) is 0 Å². The number of carbonyl (C=O) groups excluding carboxylic acids is 1. The Kier molecular flexibility index (Phi) is 3.15. The maximum Gasteiger partial charge on any atom is 0.246 e. The van der Waals surface area contributed by atoms with Gasteiger partial charge >= 0.3 is 0 Å². The highest BCUT2D eigenvalue weighted by atomic mass is 19.1. The van der Waals surface area contributed by atoms with Gasteiger partial charge in [-0.3, -0.25) is 10.1 Å². The third-order valence-corrected chi connectivity index (χ3v) is 3.34. The smallest absolute Gasteiger partial charge is 0.246 e. The van der Waals surface area contributed by atoms with Gasteiger partial charge in [0, 0.05) is 13.6 Å². The molecule has 0 spiro atoms. The molecule has 1 amide bonds. The van der Waals surface area contributed by atoms with E-state index in [-0.39, 0.29) is 11.7 Å². The molecule has 4 heteroatoms. The average molecular weight is 236 g/mol. The summed E-state index contributed by atoms with van der Waals surface area (Å²) in [5.74, 6) is -0.256. The standard InChI is InChI=1S/C13H17FN2O/c1-13(10-4-6-11(14)7-5-10)12(17)16(2)9-3-8-15-13/h4-7,15H,3,8-9H2,1-2H3. The van der Waals surface area contributed by atoms with E-state index in [2.05, 4.69) is 5.32 Å². The quantitative estimate of drug-likeness (QED) is 0.801. The molecular weight excluding hydrogens is 219 g/mol. The molecule has 0 aliphatic carbocycles. The molecule has 1 N–H and O–H groups in total. The molecule has 0 bridgehead atoms. The maximum absolute atomic E-state index is 12.9. The minimum absolute atomic E-state index is 0.0293. The molecule has 17 heavy (non-hydrogen) atoms. The van der Waals surface area contributed by atoms with E-state index in [9.17, 15) is 9.18 Å². The molecule has 1 saturated heterocycles. The van der Waals surface area contributed by atoms with Crippen LogP contribution in [0.5, 0.6) is 0 Å². The second kappa shape index (κ2) is 4.45. The molecule has 0 aromatic heterocycles. The number of amides is 1. The van der Waals surface area contributed by atoms with E-state index in [0.29, 0.717) is 0 Å². The van der Waals surface area contributed by atoms with Crippen molar-refractivity contribution in [2.45, 2.75) is 18.9 Å². The van der Waals surface area contributed by atoms with Crippen molar-refractivity contribution in [3.8, 4) is 0 Å². The highest BCUT2D eigenvalue weighted by Crippen LogP contribution is 2.25. The molecule has 3 nitrogen and oxygen atoms in total. The summed E-state index contributed by atoms with van der Waals surface area (Å²) in [7, 11) is 1.80. The monoisotopic (exact) mass is 236 g/mol. The van der Waals surface area contributed by atoms with E-state index in [0.717, 1.165) is 25.1 Å². The fraction of sp³-hybridized carbons (Fsp3) is 0.462. The lowest BCUT2D eigenvalue weighted by molar-refractivity contribution is -0.135. The van der Waals surface area contributed by atoms with Gasteiger partial charge in [-0.05, 0) is 37.6 Å². The predicted molar refractivity (Wildman–Crippen MR) is 64.0 cm³/mol. The Morgan fingerprint density at radius 3 is 2.65 bits per heavy atom. The van der Waals surface area contributed by atoms with Crippen molar-refractivity contribution in [2.24, 2.45) is 0 Å². The zero-order chi connectivity index (χ0) is 12.5. The minimum Gasteiger partial charge on any atom is -0.344 e. The van der Waals surface area contributed by atoms with E-state index in [1.165, 1.54) is 12.1 Å². The summed E-state index contributed by atoms with van der Waals surface area (Å²) < 4.78 is 12.9. The van der Waals surface area contributed by atoms with Crippen LogP contribution in [0.2, 0.25) is 0 Å². The normalized spacial score (nSPS) is 25.8. The molecule has 1 aromatic carbocycles. The van der Waals surface area contributed by atoms with Crippen molar-refractivity contribution in [3.05, 3.63) is 35.6 Å². The summed E-state index contributed by atoms with van der Waals surface area (Å²) in [6.45, 7) is 3.39. The van der Waals surface area contributed by atoms with E-state index in [1.54, 1.807) is 24.1 Å². The highest BCUT2D eigenvalue weighted by molar-refractivity contribution is 5.87. The average Bonchev–Trinajstić information content (AvgIpc) is 2.45. The van der Waals surface area contributed by atoms with Crippen LogP contribution >= 0.6 is 0 Å². The van der Waals surface area contributed by atoms with Gasteiger partial charge in [0.1, 0.15) is 11.4 Å². The number of hydrogen-bond acceptors (Lipinski definition) is 2. The minimum atomic E-state index is -0.751. The lowest BCUT2D eigenvalue weighted by Gasteiger charge is -2.31. The van der Waals surface area contributed by atoms with Crippen molar-refractivity contribution in [1.29, 1.82) is 0 Å². The van der Waals surface area contributed by atoms with Gasteiger partial charge in [0.05, 0.1) is 0 Å². The van der Waals surface area contributed by atoms with Crippen LogP contribution in [0, 0.1) is 5.82 Å². The van der Waals surface area contributed by atoms with E-state index in [1.807, 2.05) is 6.92 Å². The van der Waals surface area contributed by atoms with E-state index in [4.69, 9.17) is 0 Å². The first-order valence-electron chi connectivity index (χ1n) is 5.81. The maximum atomic E-state index is 12.9. The Hall–Kier alpha value is -1.42. The molecule has 0 radical (unpaired) electrons. The number of halogens is 1. The number of likely N-dealkylation sites (N-methyl/N-ethyl adjacent to an activating group) is 1. The van der Waals surface area contributed by atoms with Gasteiger partial charge in [0.2, 0.25) is 5.91 Å². The van der Waals surface area contributed by atoms with Crippen LogP contribution in [0.1, 0.15) is 18.9 Å². The molecule has 1 aliphatic rings. The van der Waals surface area contributed by atoms with Crippen molar-refractivity contribution < 1.29 is 9.18 Å². The topological polar surface area (TPSA) is 32.3 Å². The lowest BCUT2D eigenvalue weighted by atomic mass is 9.90. The van der Waals surface area contributed by atoms with Crippen LogP contribution in [0.3, 0.4) is 0 Å². The summed E-state index contributed by atoms with van der Waals surface area (Å²) in [5, 5.41) is 3.26.